The third-order valence-corrected chi connectivity index (χ3v) is 1.78. The zero-order chi connectivity index (χ0) is 9.40. The van der Waals surface area contributed by atoms with Gasteiger partial charge in [0.05, 0.1) is 12.5 Å². The lowest BCUT2D eigenvalue weighted by atomic mass is 10.1. The maximum absolute atomic E-state index is 11.1. The maximum atomic E-state index is 11.1. The summed E-state index contributed by atoms with van der Waals surface area (Å²) in [4.78, 5) is 11.1. The summed E-state index contributed by atoms with van der Waals surface area (Å²) in [5, 5.41) is 2.62. The number of ether oxygens (including phenoxy) is 1. The molecule has 0 aliphatic carbocycles. The van der Waals surface area contributed by atoms with E-state index in [4.69, 9.17) is 4.74 Å². The standard InChI is InChI=1S/C9H19NO2/c1-4-6-12-7-8(5-2)9(11)10-3/h8H,4-7H2,1-3H3,(H,10,11). The molecule has 0 rings (SSSR count). The number of rotatable bonds is 6. The molecule has 3 nitrogen and oxygen atoms in total. The van der Waals surface area contributed by atoms with Crippen LogP contribution in [0, 0.1) is 5.92 Å². The monoisotopic (exact) mass is 173 g/mol. The van der Waals surface area contributed by atoms with Crippen molar-refractivity contribution in [3.05, 3.63) is 0 Å². The first-order valence-electron chi connectivity index (χ1n) is 4.55. The van der Waals surface area contributed by atoms with Crippen molar-refractivity contribution in [3.63, 3.8) is 0 Å². The van der Waals surface area contributed by atoms with Gasteiger partial charge in [-0.05, 0) is 12.8 Å². The van der Waals surface area contributed by atoms with Crippen molar-refractivity contribution in [2.24, 2.45) is 5.92 Å². The Hall–Kier alpha value is -0.570. The summed E-state index contributed by atoms with van der Waals surface area (Å²) in [7, 11) is 1.66. The lowest BCUT2D eigenvalue weighted by molar-refractivity contribution is -0.126. The molecule has 0 aliphatic rings. The molecule has 1 unspecified atom stereocenters. The fraction of sp³-hybridized carbons (Fsp3) is 0.889. The number of carbonyl (C=O) groups is 1. The normalized spacial score (nSPS) is 12.6. The molecule has 0 bridgehead atoms. The van der Waals surface area contributed by atoms with E-state index in [0.29, 0.717) is 6.61 Å². The van der Waals surface area contributed by atoms with Crippen LogP contribution < -0.4 is 5.32 Å². The first-order valence-corrected chi connectivity index (χ1v) is 4.55. The zero-order valence-electron chi connectivity index (χ0n) is 8.22. The average Bonchev–Trinajstić information content (AvgIpc) is 2.11. The van der Waals surface area contributed by atoms with Crippen LogP contribution in [0.2, 0.25) is 0 Å². The molecule has 1 N–H and O–H groups in total. The van der Waals surface area contributed by atoms with Crippen LogP contribution in [0.5, 0.6) is 0 Å². The summed E-state index contributed by atoms with van der Waals surface area (Å²) in [6.45, 7) is 5.34. The fourth-order valence-electron chi connectivity index (χ4n) is 0.953. The van der Waals surface area contributed by atoms with Gasteiger partial charge in [-0.3, -0.25) is 4.79 Å². The Balaban J connectivity index is 3.60. The van der Waals surface area contributed by atoms with Gasteiger partial charge < -0.3 is 10.1 Å². The molecule has 0 aliphatic heterocycles. The predicted octanol–water partition coefficient (Wildman–Crippen LogP) is 1.19. The van der Waals surface area contributed by atoms with E-state index in [1.165, 1.54) is 0 Å². The Kier molecular flexibility index (Phi) is 6.76. The van der Waals surface area contributed by atoms with Crippen LogP contribution in [-0.2, 0) is 9.53 Å². The Morgan fingerprint density at radius 2 is 2.17 bits per heavy atom. The molecule has 72 valence electrons. The first-order chi connectivity index (χ1) is 5.76. The minimum atomic E-state index is 0.0153. The maximum Gasteiger partial charge on any atom is 0.225 e. The number of carbonyl (C=O) groups excluding carboxylic acids is 1. The van der Waals surface area contributed by atoms with Crippen molar-refractivity contribution >= 4 is 5.91 Å². The Labute approximate surface area is 74.5 Å². The lowest BCUT2D eigenvalue weighted by Crippen LogP contribution is -2.30. The van der Waals surface area contributed by atoms with E-state index in [1.54, 1.807) is 7.05 Å². The van der Waals surface area contributed by atoms with Gasteiger partial charge in [-0.25, -0.2) is 0 Å². The molecule has 0 saturated carbocycles. The second-order valence-corrected chi connectivity index (χ2v) is 2.79. The van der Waals surface area contributed by atoms with Crippen LogP contribution in [0.25, 0.3) is 0 Å². The van der Waals surface area contributed by atoms with Gasteiger partial charge in [0.1, 0.15) is 0 Å². The first kappa shape index (κ1) is 11.4. The summed E-state index contributed by atoms with van der Waals surface area (Å²) in [5.74, 6) is 0.0927. The van der Waals surface area contributed by atoms with Crippen LogP contribution >= 0.6 is 0 Å². The highest BCUT2D eigenvalue weighted by molar-refractivity contribution is 5.78. The number of amides is 1. The van der Waals surface area contributed by atoms with E-state index in [1.807, 2.05) is 6.92 Å². The van der Waals surface area contributed by atoms with Gasteiger partial charge in [-0.15, -0.1) is 0 Å². The fourth-order valence-corrected chi connectivity index (χ4v) is 0.953. The molecule has 3 heteroatoms. The Morgan fingerprint density at radius 1 is 1.50 bits per heavy atom. The molecule has 0 heterocycles. The van der Waals surface area contributed by atoms with Crippen LogP contribution in [0.4, 0.5) is 0 Å². The summed E-state index contributed by atoms with van der Waals surface area (Å²) < 4.78 is 5.30. The summed E-state index contributed by atoms with van der Waals surface area (Å²) in [6.07, 6.45) is 1.84. The van der Waals surface area contributed by atoms with Gasteiger partial charge in [0.25, 0.3) is 0 Å². The van der Waals surface area contributed by atoms with E-state index in [-0.39, 0.29) is 11.8 Å². The molecular weight excluding hydrogens is 154 g/mol. The predicted molar refractivity (Wildman–Crippen MR) is 49.0 cm³/mol. The third kappa shape index (κ3) is 4.34. The number of hydrogen-bond acceptors (Lipinski definition) is 2. The van der Waals surface area contributed by atoms with Gasteiger partial charge in [-0.1, -0.05) is 13.8 Å². The summed E-state index contributed by atoms with van der Waals surface area (Å²) in [5.41, 5.74) is 0. The molecular formula is C9H19NO2. The third-order valence-electron chi connectivity index (χ3n) is 1.78. The van der Waals surface area contributed by atoms with Crippen LogP contribution in [0.1, 0.15) is 26.7 Å². The van der Waals surface area contributed by atoms with E-state index >= 15 is 0 Å². The Morgan fingerprint density at radius 3 is 2.58 bits per heavy atom. The molecule has 12 heavy (non-hydrogen) atoms. The topological polar surface area (TPSA) is 38.3 Å². The second-order valence-electron chi connectivity index (χ2n) is 2.79. The quantitative estimate of drug-likeness (QED) is 0.613. The van der Waals surface area contributed by atoms with Crippen molar-refractivity contribution in [3.8, 4) is 0 Å². The van der Waals surface area contributed by atoms with Crippen molar-refractivity contribution in [2.75, 3.05) is 20.3 Å². The molecule has 1 atom stereocenters. The minimum Gasteiger partial charge on any atom is -0.381 e. The smallest absolute Gasteiger partial charge is 0.225 e. The molecule has 1 amide bonds. The molecule has 0 spiro atoms. The number of hydrogen-bond donors (Lipinski definition) is 1. The van der Waals surface area contributed by atoms with Gasteiger partial charge in [-0.2, -0.15) is 0 Å². The highest BCUT2D eigenvalue weighted by atomic mass is 16.5. The number of nitrogens with one attached hydrogen (secondary N) is 1. The lowest BCUT2D eigenvalue weighted by Gasteiger charge is -2.12. The zero-order valence-corrected chi connectivity index (χ0v) is 8.22. The van der Waals surface area contributed by atoms with Crippen molar-refractivity contribution < 1.29 is 9.53 Å². The highest BCUT2D eigenvalue weighted by Crippen LogP contribution is 2.03. The van der Waals surface area contributed by atoms with Crippen molar-refractivity contribution in [1.82, 2.24) is 5.32 Å². The molecule has 0 aromatic heterocycles. The summed E-state index contributed by atoms with van der Waals surface area (Å²) in [6, 6.07) is 0. The van der Waals surface area contributed by atoms with Crippen LogP contribution in [0.3, 0.4) is 0 Å². The molecule has 0 aromatic carbocycles. The van der Waals surface area contributed by atoms with E-state index in [2.05, 4.69) is 12.2 Å². The van der Waals surface area contributed by atoms with Gasteiger partial charge >= 0.3 is 0 Å². The van der Waals surface area contributed by atoms with E-state index < -0.39 is 0 Å². The molecule has 0 fully saturated rings. The van der Waals surface area contributed by atoms with Crippen LogP contribution in [-0.4, -0.2) is 26.2 Å². The minimum absolute atomic E-state index is 0.0153. The van der Waals surface area contributed by atoms with Crippen LogP contribution in [0.15, 0.2) is 0 Å². The Bertz CT molecular complexity index is 126. The largest absolute Gasteiger partial charge is 0.381 e. The SMILES string of the molecule is CCCOCC(CC)C(=O)NC. The van der Waals surface area contributed by atoms with Gasteiger partial charge in [0.2, 0.25) is 5.91 Å². The van der Waals surface area contributed by atoms with Crippen molar-refractivity contribution in [2.45, 2.75) is 26.7 Å². The molecule has 0 radical (unpaired) electrons. The second kappa shape index (κ2) is 7.10. The van der Waals surface area contributed by atoms with E-state index in [0.717, 1.165) is 19.4 Å². The van der Waals surface area contributed by atoms with Gasteiger partial charge in [0, 0.05) is 13.7 Å². The highest BCUT2D eigenvalue weighted by Gasteiger charge is 2.14. The molecule has 0 saturated heterocycles. The molecule has 0 aromatic rings. The van der Waals surface area contributed by atoms with E-state index in [9.17, 15) is 4.79 Å². The van der Waals surface area contributed by atoms with Crippen molar-refractivity contribution in [1.29, 1.82) is 0 Å². The summed E-state index contributed by atoms with van der Waals surface area (Å²) >= 11 is 0. The van der Waals surface area contributed by atoms with Gasteiger partial charge in [0.15, 0.2) is 0 Å². The average molecular weight is 173 g/mol.